The van der Waals surface area contributed by atoms with Gasteiger partial charge in [0.1, 0.15) is 0 Å². The second kappa shape index (κ2) is 4.97. The third-order valence-corrected chi connectivity index (χ3v) is 2.90. The van der Waals surface area contributed by atoms with E-state index in [2.05, 4.69) is 39.5 Å². The fourth-order valence-electron chi connectivity index (χ4n) is 2.07. The predicted octanol–water partition coefficient (Wildman–Crippen LogP) is -1.23. The fourth-order valence-corrected chi connectivity index (χ4v) is 2.07. The second-order valence-electron chi connectivity index (χ2n) is 5.13. The van der Waals surface area contributed by atoms with E-state index < -0.39 is 6.39 Å². The Bertz CT molecular complexity index is 275. The van der Waals surface area contributed by atoms with Crippen LogP contribution in [0.3, 0.4) is 0 Å². The van der Waals surface area contributed by atoms with Crippen molar-refractivity contribution in [2.24, 2.45) is 5.41 Å². The van der Waals surface area contributed by atoms with Crippen LogP contribution in [0.1, 0.15) is 20.8 Å². The van der Waals surface area contributed by atoms with E-state index >= 15 is 0 Å². The fraction of sp³-hybridized carbons (Fsp3) is 0.571. The van der Waals surface area contributed by atoms with E-state index in [1.54, 1.807) is 7.06 Å². The van der Waals surface area contributed by atoms with Gasteiger partial charge >= 0.3 is 100 Å². The molecule has 1 heterocycles. The van der Waals surface area contributed by atoms with Crippen LogP contribution in [0.25, 0.3) is 0 Å². The van der Waals surface area contributed by atoms with Crippen LogP contribution >= 0.6 is 0 Å². The molecular formula is C7H11B8. The van der Waals surface area contributed by atoms with Crippen molar-refractivity contribution in [1.82, 2.24) is 0 Å². The average molecular weight is 182 g/mol. The molecule has 0 saturated carbocycles. The molecular weight excluding hydrogens is 171 g/mol. The first-order valence-electron chi connectivity index (χ1n) is 5.33. The van der Waals surface area contributed by atoms with Crippen molar-refractivity contribution in [2.75, 3.05) is 0 Å². The molecule has 0 unspecified atom stereocenters. The molecule has 1 aliphatic rings. The maximum atomic E-state index is 5.74. The minimum absolute atomic E-state index is 0.00854. The van der Waals surface area contributed by atoms with E-state index in [0.29, 0.717) is 0 Å². The van der Waals surface area contributed by atoms with Crippen molar-refractivity contribution in [3.63, 3.8) is 0 Å². The molecule has 15 heavy (non-hydrogen) atoms. The van der Waals surface area contributed by atoms with Crippen molar-refractivity contribution >= 4 is 62.4 Å². The standard InChI is InChI=1S/C7H11B8/c1-7(2,3)6-4-11-5-13(6)15(12-8)14(9)10/h4-5H,1-3H3. The first kappa shape index (κ1) is 13.2. The minimum atomic E-state index is -0.409. The summed E-state index contributed by atoms with van der Waals surface area (Å²) in [6.45, 7) is 8.87. The van der Waals surface area contributed by atoms with Crippen LogP contribution in [-0.4, -0.2) is 62.4 Å². The Hall–Kier alpha value is 0.129. The zero-order valence-electron chi connectivity index (χ0n) is 9.77. The van der Waals surface area contributed by atoms with E-state index in [1.807, 2.05) is 0 Å². The molecule has 7 radical (unpaired) electrons. The summed E-state index contributed by atoms with van der Waals surface area (Å²) in [6, 6.07) is 0. The number of hydrogen-bond acceptors (Lipinski definition) is 0. The molecule has 0 N–H and O–H groups in total. The van der Waals surface area contributed by atoms with Crippen LogP contribution in [0.5, 0.6) is 0 Å². The summed E-state index contributed by atoms with van der Waals surface area (Å²) < 4.78 is 0. The first-order valence-corrected chi connectivity index (χ1v) is 5.33. The molecule has 0 aliphatic carbocycles. The van der Waals surface area contributed by atoms with Gasteiger partial charge in [-0.3, -0.25) is 0 Å². The zero-order chi connectivity index (χ0) is 11.6. The van der Waals surface area contributed by atoms with E-state index in [9.17, 15) is 0 Å². The molecule has 1 aliphatic heterocycles. The summed E-state index contributed by atoms with van der Waals surface area (Å²) in [5, 5.41) is 0. The summed E-state index contributed by atoms with van der Waals surface area (Å²) in [6.07, 6.45) is -0.400. The van der Waals surface area contributed by atoms with Crippen LogP contribution in [0.4, 0.5) is 0 Å². The molecule has 0 aromatic heterocycles. The molecule has 0 nitrogen and oxygen atoms in total. The van der Waals surface area contributed by atoms with Crippen molar-refractivity contribution in [1.29, 1.82) is 0 Å². The molecule has 8 heteroatoms. The summed E-state index contributed by atoms with van der Waals surface area (Å²) >= 11 is 0. The molecule has 0 atom stereocenters. The Kier molecular flexibility index (Phi) is 4.38. The average Bonchev–Trinajstić information content (AvgIpc) is 2.52. The van der Waals surface area contributed by atoms with Crippen LogP contribution in [-0.2, 0) is 0 Å². The van der Waals surface area contributed by atoms with Gasteiger partial charge in [0.15, 0.2) is 0 Å². The third kappa shape index (κ3) is 3.04. The van der Waals surface area contributed by atoms with Gasteiger partial charge in [0.25, 0.3) is 0 Å². The Morgan fingerprint density at radius 3 is 2.40 bits per heavy atom. The number of allylic oxidation sites excluding steroid dienone is 1. The van der Waals surface area contributed by atoms with Crippen LogP contribution in [0.2, 0.25) is 0 Å². The number of rotatable bonds is 3. The molecule has 0 fully saturated rings. The Balaban J connectivity index is 2.87. The molecule has 0 aromatic rings. The van der Waals surface area contributed by atoms with E-state index in [-0.39, 0.29) is 18.4 Å². The zero-order valence-corrected chi connectivity index (χ0v) is 9.77. The second-order valence-corrected chi connectivity index (χ2v) is 5.13. The first-order chi connectivity index (χ1) is 6.88. The van der Waals surface area contributed by atoms with E-state index in [0.717, 1.165) is 0 Å². The molecule has 0 amide bonds. The quantitative estimate of drug-likeness (QED) is 0.479. The third-order valence-electron chi connectivity index (χ3n) is 2.90. The van der Waals surface area contributed by atoms with Gasteiger partial charge in [-0.15, -0.1) is 0 Å². The molecule has 0 aromatic carbocycles. The van der Waals surface area contributed by atoms with E-state index in [4.69, 9.17) is 23.2 Å². The van der Waals surface area contributed by atoms with Gasteiger partial charge < -0.3 is 0 Å². The summed E-state index contributed by atoms with van der Waals surface area (Å²) in [7, 11) is 18.7. The van der Waals surface area contributed by atoms with E-state index in [1.165, 1.54) is 5.47 Å². The van der Waals surface area contributed by atoms with Crippen LogP contribution < -0.4 is 0 Å². The van der Waals surface area contributed by atoms with Crippen molar-refractivity contribution in [3.05, 3.63) is 11.4 Å². The van der Waals surface area contributed by atoms with Crippen molar-refractivity contribution in [2.45, 2.75) is 20.8 Å². The van der Waals surface area contributed by atoms with Gasteiger partial charge in [-0.2, -0.15) is 0 Å². The van der Waals surface area contributed by atoms with Crippen molar-refractivity contribution in [3.8, 4) is 0 Å². The number of hydrogen-bond donors (Lipinski definition) is 0. The Labute approximate surface area is 100 Å². The van der Waals surface area contributed by atoms with Crippen molar-refractivity contribution < 1.29 is 0 Å². The van der Waals surface area contributed by atoms with Gasteiger partial charge in [0.2, 0.25) is 0 Å². The molecule has 0 bridgehead atoms. The van der Waals surface area contributed by atoms with Gasteiger partial charge in [-0.25, -0.2) is 0 Å². The summed E-state index contributed by atoms with van der Waals surface area (Å²) in [5.41, 5.74) is 1.47. The Morgan fingerprint density at radius 1 is 1.40 bits per heavy atom. The maximum absolute atomic E-state index is 5.74. The van der Waals surface area contributed by atoms with Gasteiger partial charge in [-0.1, -0.05) is 0 Å². The summed E-state index contributed by atoms with van der Waals surface area (Å²) in [5.74, 6) is 4.27. The SMILES string of the molecule is [B][B]B(B([B])[B])B1C=BC=C1C(C)(C)C. The molecule has 63 valence electrons. The topological polar surface area (TPSA) is 0 Å². The molecule has 0 saturated heterocycles. The van der Waals surface area contributed by atoms with Gasteiger partial charge in [-0.05, 0) is 0 Å². The van der Waals surface area contributed by atoms with Gasteiger partial charge in [0, 0.05) is 0 Å². The van der Waals surface area contributed by atoms with Crippen LogP contribution in [0.15, 0.2) is 11.4 Å². The molecule has 0 spiro atoms. The normalized spacial score (nSPS) is 14.6. The predicted molar refractivity (Wildman–Crippen MR) is 79.6 cm³/mol. The molecule has 1 rings (SSSR count). The van der Waals surface area contributed by atoms with Gasteiger partial charge in [0.05, 0.1) is 0 Å². The summed E-state index contributed by atoms with van der Waals surface area (Å²) in [4.78, 5) is 0. The monoisotopic (exact) mass is 183 g/mol. The van der Waals surface area contributed by atoms with Crippen LogP contribution in [0, 0.1) is 5.41 Å². The Morgan fingerprint density at radius 2 is 2.00 bits per heavy atom.